The first-order valence-corrected chi connectivity index (χ1v) is 6.56. The van der Waals surface area contributed by atoms with Gasteiger partial charge in [0, 0.05) is 12.1 Å². The summed E-state index contributed by atoms with van der Waals surface area (Å²) in [5.41, 5.74) is 1.11. The fraction of sp³-hybridized carbons (Fsp3) is 0. The fourth-order valence-corrected chi connectivity index (χ4v) is 2.45. The first-order valence-electron chi connectivity index (χ1n) is 6.16. The monoisotopic (exact) mass is 301 g/mol. The molecule has 0 saturated heterocycles. The Balaban J connectivity index is 2.25. The van der Waals surface area contributed by atoms with Crippen LogP contribution in [0.1, 0.15) is 0 Å². The molecule has 3 aromatic rings. The number of aromatic nitrogens is 2. The van der Waals surface area contributed by atoms with E-state index in [2.05, 4.69) is 4.98 Å². The molecule has 0 spiro atoms. The second-order valence-corrected chi connectivity index (χ2v) is 4.86. The third-order valence-corrected chi connectivity index (χ3v) is 3.46. The number of fused-ring (bicyclic) bond motifs is 1. The fourth-order valence-electron chi connectivity index (χ4n) is 2.15. The molecule has 1 heterocycles. The minimum atomic E-state index is -1.02. The van der Waals surface area contributed by atoms with Crippen LogP contribution in [0.15, 0.2) is 53.3 Å². The molecule has 0 saturated carbocycles. The van der Waals surface area contributed by atoms with Gasteiger partial charge < -0.3 is 10.2 Å². The summed E-state index contributed by atoms with van der Waals surface area (Å²) in [5.74, 6) is 0. The van der Waals surface area contributed by atoms with Crippen LogP contribution in [-0.2, 0) is 0 Å². The molecule has 0 fully saturated rings. The molecular formula is C14H11N3O3S. The zero-order chi connectivity index (χ0) is 15.0. The van der Waals surface area contributed by atoms with Crippen LogP contribution in [-0.4, -0.2) is 14.8 Å². The summed E-state index contributed by atoms with van der Waals surface area (Å²) in [6, 6.07) is 13.1. The average molecular weight is 301 g/mol. The van der Waals surface area contributed by atoms with Crippen molar-refractivity contribution in [3.63, 3.8) is 0 Å². The van der Waals surface area contributed by atoms with E-state index in [1.54, 1.807) is 30.3 Å². The Bertz CT molecular complexity index is 913. The highest BCUT2D eigenvalue weighted by atomic mass is 32.1. The van der Waals surface area contributed by atoms with E-state index in [-0.39, 0.29) is 16.0 Å². The number of benzene rings is 2. The van der Waals surface area contributed by atoms with Gasteiger partial charge in [-0.3, -0.25) is 9.36 Å². The highest BCUT2D eigenvalue weighted by Crippen LogP contribution is 2.12. The third kappa shape index (κ3) is 2.39. The molecule has 0 bridgehead atoms. The van der Waals surface area contributed by atoms with Gasteiger partial charge in [-0.15, -0.1) is 0 Å². The van der Waals surface area contributed by atoms with Gasteiger partial charge in [0.25, 0.3) is 5.56 Å². The lowest BCUT2D eigenvalue weighted by atomic mass is 10.2. The Morgan fingerprint density at radius 2 is 1.81 bits per heavy atom. The molecule has 21 heavy (non-hydrogen) atoms. The van der Waals surface area contributed by atoms with Gasteiger partial charge in [0.05, 0.1) is 16.6 Å². The minimum absolute atomic E-state index is 0.155. The van der Waals surface area contributed by atoms with Crippen LogP contribution in [0.4, 0.5) is 5.69 Å². The van der Waals surface area contributed by atoms with E-state index >= 15 is 0 Å². The number of nitrogens with one attached hydrogen (secondary N) is 2. The molecular weight excluding hydrogens is 290 g/mol. The van der Waals surface area contributed by atoms with Crippen molar-refractivity contribution in [2.75, 3.05) is 0 Å². The molecule has 3 N–H and O–H groups in total. The molecule has 106 valence electrons. The number of nitrogens with zero attached hydrogens (tertiary/aromatic N) is 1. The van der Waals surface area contributed by atoms with Crippen molar-refractivity contribution in [2.24, 2.45) is 0 Å². The Labute approximate surface area is 124 Å². The normalized spacial score (nSPS) is 12.5. The Kier molecular flexibility index (Phi) is 3.40. The number of hydrogen-bond acceptors (Lipinski definition) is 4. The zero-order valence-corrected chi connectivity index (χ0v) is 11.6. The number of aromatic amines is 1. The topological polar surface area (TPSA) is 85.5 Å². The lowest BCUT2D eigenvalue weighted by Crippen LogP contribution is -2.99. The Morgan fingerprint density at radius 1 is 1.14 bits per heavy atom. The molecule has 0 amide bonds. The maximum atomic E-state index is 12.5. The van der Waals surface area contributed by atoms with Gasteiger partial charge in [0.2, 0.25) is 0 Å². The number of quaternary nitrogens is 1. The molecule has 0 aliphatic heterocycles. The Hall–Kier alpha value is -2.32. The predicted octanol–water partition coefficient (Wildman–Crippen LogP) is 1.45. The summed E-state index contributed by atoms with van der Waals surface area (Å²) in [6.45, 7) is 0. The molecule has 0 aliphatic carbocycles. The van der Waals surface area contributed by atoms with Crippen molar-refractivity contribution < 1.29 is 10.4 Å². The van der Waals surface area contributed by atoms with E-state index in [0.717, 1.165) is 0 Å². The summed E-state index contributed by atoms with van der Waals surface area (Å²) < 4.78 is 1.62. The van der Waals surface area contributed by atoms with Gasteiger partial charge in [-0.2, -0.15) is 5.23 Å². The molecule has 0 aliphatic rings. The van der Waals surface area contributed by atoms with Gasteiger partial charge in [0.1, 0.15) is 0 Å². The quantitative estimate of drug-likeness (QED) is 0.494. The number of para-hydroxylation sites is 1. The lowest BCUT2D eigenvalue weighted by molar-refractivity contribution is -0.991. The predicted molar refractivity (Wildman–Crippen MR) is 80.5 cm³/mol. The second kappa shape index (κ2) is 5.23. The maximum absolute atomic E-state index is 12.5. The van der Waals surface area contributed by atoms with Crippen LogP contribution >= 0.6 is 12.2 Å². The molecule has 6 nitrogen and oxygen atoms in total. The van der Waals surface area contributed by atoms with Crippen molar-refractivity contribution in [2.45, 2.75) is 0 Å². The minimum Gasteiger partial charge on any atom is -0.595 e. The van der Waals surface area contributed by atoms with Gasteiger partial charge in [-0.25, -0.2) is 5.21 Å². The number of rotatable bonds is 2. The van der Waals surface area contributed by atoms with Crippen molar-refractivity contribution in [1.82, 2.24) is 9.55 Å². The summed E-state index contributed by atoms with van der Waals surface area (Å²) >= 11 is 5.22. The lowest BCUT2D eigenvalue weighted by Gasteiger charge is -2.12. The molecule has 0 radical (unpaired) electrons. The highest BCUT2D eigenvalue weighted by Gasteiger charge is 2.08. The number of H-pyrrole nitrogens is 1. The third-order valence-electron chi connectivity index (χ3n) is 3.18. The van der Waals surface area contributed by atoms with E-state index in [1.165, 1.54) is 16.7 Å². The maximum Gasteiger partial charge on any atom is 0.266 e. The summed E-state index contributed by atoms with van der Waals surface area (Å²) in [5, 5.41) is 19.3. The molecule has 2 aromatic carbocycles. The molecule has 1 atom stereocenters. The van der Waals surface area contributed by atoms with Crippen molar-refractivity contribution >= 4 is 28.8 Å². The van der Waals surface area contributed by atoms with Gasteiger partial charge in [0.15, 0.2) is 10.5 Å². The van der Waals surface area contributed by atoms with E-state index in [0.29, 0.717) is 16.6 Å². The number of hydrogen-bond donors (Lipinski definition) is 3. The van der Waals surface area contributed by atoms with Gasteiger partial charge >= 0.3 is 0 Å². The van der Waals surface area contributed by atoms with Gasteiger partial charge in [-0.05, 0) is 36.5 Å². The molecule has 1 unspecified atom stereocenters. The summed E-state index contributed by atoms with van der Waals surface area (Å²) in [7, 11) is 0. The molecule has 7 heteroatoms. The Morgan fingerprint density at radius 3 is 2.48 bits per heavy atom. The van der Waals surface area contributed by atoms with E-state index < -0.39 is 5.23 Å². The zero-order valence-electron chi connectivity index (χ0n) is 10.7. The van der Waals surface area contributed by atoms with E-state index in [1.807, 2.05) is 6.07 Å². The van der Waals surface area contributed by atoms with Crippen LogP contribution < -0.4 is 10.8 Å². The van der Waals surface area contributed by atoms with Crippen LogP contribution in [0.2, 0.25) is 0 Å². The van der Waals surface area contributed by atoms with Crippen molar-refractivity contribution in [3.8, 4) is 5.69 Å². The molecule has 1 aromatic heterocycles. The van der Waals surface area contributed by atoms with Crippen LogP contribution in [0.3, 0.4) is 0 Å². The summed E-state index contributed by atoms with van der Waals surface area (Å²) in [4.78, 5) is 15.5. The highest BCUT2D eigenvalue weighted by molar-refractivity contribution is 7.71. The SMILES string of the molecule is O=c1c2ccccc2[nH]c(=S)n1-c1ccc([NH+]([O-])O)cc1. The standard InChI is InChI=1S/C14H11N3O3S/c18-13-11-3-1-2-4-12(11)15-14(21)16(13)9-5-7-10(8-6-9)17(19)20/h1-8,17,19H,(H,15,21). The van der Waals surface area contributed by atoms with E-state index in [9.17, 15) is 10.0 Å². The van der Waals surface area contributed by atoms with E-state index in [4.69, 9.17) is 17.4 Å². The van der Waals surface area contributed by atoms with Crippen LogP contribution in [0.25, 0.3) is 16.6 Å². The smallest absolute Gasteiger partial charge is 0.266 e. The van der Waals surface area contributed by atoms with Crippen molar-refractivity contribution in [3.05, 3.63) is 68.9 Å². The second-order valence-electron chi connectivity index (χ2n) is 4.47. The van der Waals surface area contributed by atoms with Crippen molar-refractivity contribution in [1.29, 1.82) is 0 Å². The first-order chi connectivity index (χ1) is 10.1. The first kappa shape index (κ1) is 13.7. The van der Waals surface area contributed by atoms with Gasteiger partial charge in [-0.1, -0.05) is 12.1 Å². The molecule has 3 rings (SSSR count). The largest absolute Gasteiger partial charge is 0.595 e. The summed E-state index contributed by atoms with van der Waals surface area (Å²) in [6.07, 6.45) is 0. The average Bonchev–Trinajstić information content (AvgIpc) is 2.48. The van der Waals surface area contributed by atoms with Crippen LogP contribution in [0.5, 0.6) is 0 Å². The van der Waals surface area contributed by atoms with Crippen LogP contribution in [0, 0.1) is 9.98 Å².